The third-order valence-electron chi connectivity index (χ3n) is 2.18. The molecular formula is C11H17ClO2. The number of aliphatic hydroxyl groups excluding tert-OH is 1. The highest BCUT2D eigenvalue weighted by atomic mass is 35.5. The summed E-state index contributed by atoms with van der Waals surface area (Å²) in [6, 6.07) is 3.38. The first-order valence-electron chi connectivity index (χ1n) is 5.03. The summed E-state index contributed by atoms with van der Waals surface area (Å²) in [5, 5.41) is 10.0. The molecule has 14 heavy (non-hydrogen) atoms. The number of halogens is 1. The van der Waals surface area contributed by atoms with E-state index in [2.05, 4.69) is 13.8 Å². The molecule has 2 nitrogen and oxygen atoms in total. The van der Waals surface area contributed by atoms with Crippen molar-refractivity contribution < 1.29 is 9.52 Å². The van der Waals surface area contributed by atoms with Crippen LogP contribution >= 0.6 is 11.6 Å². The molecule has 0 fully saturated rings. The van der Waals surface area contributed by atoms with Crippen molar-refractivity contribution in [2.75, 3.05) is 0 Å². The lowest BCUT2D eigenvalue weighted by Crippen LogP contribution is -1.97. The van der Waals surface area contributed by atoms with Gasteiger partial charge in [0, 0.05) is 0 Å². The van der Waals surface area contributed by atoms with Crippen molar-refractivity contribution in [1.29, 1.82) is 0 Å². The lowest BCUT2D eigenvalue weighted by atomic mass is 10.0. The third-order valence-corrected chi connectivity index (χ3v) is 2.38. The van der Waals surface area contributed by atoms with Gasteiger partial charge in [0.05, 0.1) is 0 Å². The summed E-state index contributed by atoms with van der Waals surface area (Å²) in [4.78, 5) is 0. The lowest BCUT2D eigenvalue weighted by Gasteiger charge is -2.08. The third kappa shape index (κ3) is 3.72. The Hall–Kier alpha value is -0.470. The topological polar surface area (TPSA) is 33.4 Å². The maximum atomic E-state index is 9.69. The quantitative estimate of drug-likeness (QED) is 0.813. The van der Waals surface area contributed by atoms with Gasteiger partial charge in [-0.2, -0.15) is 0 Å². The molecule has 0 aliphatic rings. The average molecular weight is 217 g/mol. The Morgan fingerprint density at radius 3 is 2.57 bits per heavy atom. The largest absolute Gasteiger partial charge is 0.447 e. The standard InChI is InChI=1S/C11H17ClO2/c1-8(2)4-3-5-9(13)10-6-7-11(12)14-10/h6-9,13H,3-5H2,1-2H3. The molecule has 0 aliphatic carbocycles. The van der Waals surface area contributed by atoms with E-state index < -0.39 is 6.10 Å². The number of rotatable bonds is 5. The molecule has 80 valence electrons. The van der Waals surface area contributed by atoms with Crippen molar-refractivity contribution in [1.82, 2.24) is 0 Å². The molecule has 0 aliphatic heterocycles. The van der Waals surface area contributed by atoms with Crippen LogP contribution in [0, 0.1) is 5.92 Å². The molecule has 0 aromatic carbocycles. The molecule has 0 spiro atoms. The van der Waals surface area contributed by atoms with Gasteiger partial charge in [0.1, 0.15) is 11.9 Å². The van der Waals surface area contributed by atoms with Crippen molar-refractivity contribution in [2.45, 2.75) is 39.2 Å². The van der Waals surface area contributed by atoms with Crippen LogP contribution in [0.15, 0.2) is 16.5 Å². The highest BCUT2D eigenvalue weighted by Gasteiger charge is 2.11. The van der Waals surface area contributed by atoms with Crippen LogP contribution in [0.4, 0.5) is 0 Å². The number of aliphatic hydroxyl groups is 1. The van der Waals surface area contributed by atoms with Crippen molar-refractivity contribution in [3.8, 4) is 0 Å². The van der Waals surface area contributed by atoms with E-state index in [-0.39, 0.29) is 0 Å². The van der Waals surface area contributed by atoms with Crippen molar-refractivity contribution in [3.05, 3.63) is 23.1 Å². The van der Waals surface area contributed by atoms with E-state index in [0.29, 0.717) is 16.9 Å². The molecule has 0 saturated carbocycles. The Morgan fingerprint density at radius 2 is 2.07 bits per heavy atom. The molecule has 1 heterocycles. The van der Waals surface area contributed by atoms with Gasteiger partial charge in [-0.05, 0) is 36.1 Å². The molecular weight excluding hydrogens is 200 g/mol. The second-order valence-electron chi connectivity index (χ2n) is 3.98. The summed E-state index contributed by atoms with van der Waals surface area (Å²) in [6.07, 6.45) is 2.37. The van der Waals surface area contributed by atoms with Gasteiger partial charge in [0.25, 0.3) is 0 Å². The van der Waals surface area contributed by atoms with Crippen LogP contribution in [0.25, 0.3) is 0 Å². The maximum absolute atomic E-state index is 9.69. The van der Waals surface area contributed by atoms with Crippen molar-refractivity contribution >= 4 is 11.6 Å². The molecule has 1 aromatic heterocycles. The molecule has 0 amide bonds. The van der Waals surface area contributed by atoms with E-state index in [4.69, 9.17) is 16.0 Å². The van der Waals surface area contributed by atoms with Gasteiger partial charge >= 0.3 is 0 Å². The van der Waals surface area contributed by atoms with Gasteiger partial charge in [-0.15, -0.1) is 0 Å². The first-order valence-corrected chi connectivity index (χ1v) is 5.40. The highest BCUT2D eigenvalue weighted by molar-refractivity contribution is 6.28. The van der Waals surface area contributed by atoms with Gasteiger partial charge in [-0.1, -0.05) is 26.7 Å². The summed E-state index contributed by atoms with van der Waals surface area (Å²) in [5.74, 6) is 1.25. The zero-order valence-electron chi connectivity index (χ0n) is 8.66. The maximum Gasteiger partial charge on any atom is 0.193 e. The van der Waals surface area contributed by atoms with E-state index in [1.807, 2.05) is 0 Å². The smallest absolute Gasteiger partial charge is 0.193 e. The average Bonchev–Trinajstić information content (AvgIpc) is 2.51. The van der Waals surface area contributed by atoms with E-state index >= 15 is 0 Å². The van der Waals surface area contributed by atoms with Crippen LogP contribution in [0.1, 0.15) is 45.0 Å². The Labute approximate surface area is 89.9 Å². The molecule has 0 saturated heterocycles. The summed E-state index contributed by atoms with van der Waals surface area (Å²) >= 11 is 5.61. The second kappa shape index (κ2) is 5.42. The van der Waals surface area contributed by atoms with Crippen LogP contribution in [0.5, 0.6) is 0 Å². The Bertz CT molecular complexity index is 268. The predicted molar refractivity (Wildman–Crippen MR) is 57.4 cm³/mol. The summed E-state index contributed by atoms with van der Waals surface area (Å²) in [7, 11) is 0. The van der Waals surface area contributed by atoms with Crippen LogP contribution in [-0.4, -0.2) is 5.11 Å². The minimum Gasteiger partial charge on any atom is -0.447 e. The molecule has 1 atom stereocenters. The summed E-state index contributed by atoms with van der Waals surface area (Å²) in [6.45, 7) is 4.35. The van der Waals surface area contributed by atoms with E-state index in [0.717, 1.165) is 19.3 Å². The Kier molecular flexibility index (Phi) is 4.49. The van der Waals surface area contributed by atoms with Gasteiger partial charge in [0.15, 0.2) is 5.22 Å². The molecule has 1 aromatic rings. The van der Waals surface area contributed by atoms with Crippen LogP contribution < -0.4 is 0 Å². The van der Waals surface area contributed by atoms with Crippen molar-refractivity contribution in [3.63, 3.8) is 0 Å². The minimum atomic E-state index is -0.513. The molecule has 0 bridgehead atoms. The fourth-order valence-electron chi connectivity index (χ4n) is 1.37. The molecule has 1 rings (SSSR count). The highest BCUT2D eigenvalue weighted by Crippen LogP contribution is 2.24. The minimum absolute atomic E-state index is 0.336. The van der Waals surface area contributed by atoms with Crippen LogP contribution in [0.3, 0.4) is 0 Å². The van der Waals surface area contributed by atoms with E-state index in [1.54, 1.807) is 12.1 Å². The monoisotopic (exact) mass is 216 g/mol. The van der Waals surface area contributed by atoms with E-state index in [9.17, 15) is 5.11 Å². The van der Waals surface area contributed by atoms with Crippen LogP contribution in [0.2, 0.25) is 5.22 Å². The normalized spacial score (nSPS) is 13.5. The first kappa shape index (κ1) is 11.6. The second-order valence-corrected chi connectivity index (χ2v) is 4.35. The Balaban J connectivity index is 2.32. The summed E-state index contributed by atoms with van der Waals surface area (Å²) in [5.41, 5.74) is 0. The SMILES string of the molecule is CC(C)CCCC(O)c1ccc(Cl)o1. The number of hydrogen-bond donors (Lipinski definition) is 1. The van der Waals surface area contributed by atoms with Gasteiger partial charge in [0.2, 0.25) is 0 Å². The van der Waals surface area contributed by atoms with Crippen LogP contribution in [-0.2, 0) is 0 Å². The molecule has 1 unspecified atom stereocenters. The van der Waals surface area contributed by atoms with Gasteiger partial charge in [-0.3, -0.25) is 0 Å². The lowest BCUT2D eigenvalue weighted by molar-refractivity contribution is 0.136. The number of furan rings is 1. The Morgan fingerprint density at radius 1 is 1.36 bits per heavy atom. The number of hydrogen-bond acceptors (Lipinski definition) is 2. The van der Waals surface area contributed by atoms with Gasteiger partial charge in [-0.25, -0.2) is 0 Å². The van der Waals surface area contributed by atoms with Crippen molar-refractivity contribution in [2.24, 2.45) is 5.92 Å². The molecule has 3 heteroatoms. The molecule has 1 N–H and O–H groups in total. The zero-order valence-corrected chi connectivity index (χ0v) is 9.42. The zero-order chi connectivity index (χ0) is 10.6. The van der Waals surface area contributed by atoms with Gasteiger partial charge < -0.3 is 9.52 Å². The fourth-order valence-corrected chi connectivity index (χ4v) is 1.52. The predicted octanol–water partition coefficient (Wildman–Crippen LogP) is 3.79. The molecule has 0 radical (unpaired) electrons. The van der Waals surface area contributed by atoms with E-state index in [1.165, 1.54) is 0 Å². The first-order chi connectivity index (χ1) is 6.59. The summed E-state index contributed by atoms with van der Waals surface area (Å²) < 4.78 is 5.12. The fraction of sp³-hybridized carbons (Fsp3) is 0.636.